The van der Waals surface area contributed by atoms with Crippen molar-refractivity contribution in [3.63, 3.8) is 0 Å². The van der Waals surface area contributed by atoms with E-state index in [1.165, 1.54) is 0 Å². The number of aliphatic hydroxyl groups excluding tert-OH is 1. The quantitative estimate of drug-likeness (QED) is 0.851. The van der Waals surface area contributed by atoms with Crippen molar-refractivity contribution < 1.29 is 9.90 Å². The molecule has 4 heteroatoms. The van der Waals surface area contributed by atoms with E-state index < -0.39 is 0 Å². The minimum Gasteiger partial charge on any atom is -0.396 e. The lowest BCUT2D eigenvalue weighted by Crippen LogP contribution is -2.43. The molecule has 2 N–H and O–H groups in total. The van der Waals surface area contributed by atoms with Crippen LogP contribution in [0.3, 0.4) is 0 Å². The summed E-state index contributed by atoms with van der Waals surface area (Å²) < 4.78 is 0. The summed E-state index contributed by atoms with van der Waals surface area (Å²) in [7, 11) is 0. The van der Waals surface area contributed by atoms with Crippen molar-refractivity contribution in [3.05, 3.63) is 35.9 Å². The Morgan fingerprint density at radius 2 is 2.11 bits per heavy atom. The maximum Gasteiger partial charge on any atom is 0.240 e. The van der Waals surface area contributed by atoms with Crippen molar-refractivity contribution in [1.29, 1.82) is 0 Å². The SMILES string of the molecule is CC1CNC(CCO)C(=O)N(Cc2ccccc2)C1. The van der Waals surface area contributed by atoms with Crippen LogP contribution in [0.4, 0.5) is 0 Å². The average molecular weight is 262 g/mol. The molecule has 1 saturated heterocycles. The average Bonchev–Trinajstić information content (AvgIpc) is 2.54. The maximum atomic E-state index is 12.4. The Labute approximate surface area is 114 Å². The number of amides is 1. The lowest BCUT2D eigenvalue weighted by atomic mass is 10.1. The minimum absolute atomic E-state index is 0.0387. The van der Waals surface area contributed by atoms with Gasteiger partial charge in [0, 0.05) is 26.2 Å². The van der Waals surface area contributed by atoms with E-state index >= 15 is 0 Å². The van der Waals surface area contributed by atoms with Crippen molar-refractivity contribution in [2.75, 3.05) is 19.7 Å². The highest BCUT2D eigenvalue weighted by Crippen LogP contribution is 2.13. The second-order valence-electron chi connectivity index (χ2n) is 5.28. The molecule has 1 heterocycles. The number of carbonyl (C=O) groups is 1. The zero-order valence-electron chi connectivity index (χ0n) is 11.4. The van der Waals surface area contributed by atoms with Crippen molar-refractivity contribution >= 4 is 5.91 Å². The fourth-order valence-corrected chi connectivity index (χ4v) is 2.48. The van der Waals surface area contributed by atoms with E-state index in [0.29, 0.717) is 18.9 Å². The van der Waals surface area contributed by atoms with Crippen LogP contribution in [0.15, 0.2) is 30.3 Å². The van der Waals surface area contributed by atoms with E-state index in [4.69, 9.17) is 5.11 Å². The van der Waals surface area contributed by atoms with Crippen molar-refractivity contribution in [2.24, 2.45) is 5.92 Å². The molecule has 2 atom stereocenters. The predicted octanol–water partition coefficient (Wildman–Crippen LogP) is 1.01. The highest BCUT2D eigenvalue weighted by molar-refractivity contribution is 5.82. The van der Waals surface area contributed by atoms with Crippen LogP contribution in [0, 0.1) is 5.92 Å². The molecule has 0 aliphatic carbocycles. The van der Waals surface area contributed by atoms with Crippen LogP contribution in [0.25, 0.3) is 0 Å². The normalized spacial score (nSPS) is 24.3. The largest absolute Gasteiger partial charge is 0.396 e. The molecule has 0 aromatic heterocycles. The number of benzene rings is 1. The maximum absolute atomic E-state index is 12.4. The van der Waals surface area contributed by atoms with Crippen LogP contribution < -0.4 is 5.32 Å². The van der Waals surface area contributed by atoms with Crippen LogP contribution >= 0.6 is 0 Å². The molecule has 1 amide bonds. The molecule has 2 rings (SSSR count). The predicted molar refractivity (Wildman–Crippen MR) is 74.5 cm³/mol. The number of nitrogens with one attached hydrogen (secondary N) is 1. The Balaban J connectivity index is 2.09. The third kappa shape index (κ3) is 3.78. The molecule has 19 heavy (non-hydrogen) atoms. The number of hydrogen-bond acceptors (Lipinski definition) is 3. The summed E-state index contributed by atoms with van der Waals surface area (Å²) in [4.78, 5) is 14.3. The molecule has 1 aliphatic rings. The monoisotopic (exact) mass is 262 g/mol. The fraction of sp³-hybridized carbons (Fsp3) is 0.533. The highest BCUT2D eigenvalue weighted by Gasteiger charge is 2.28. The first kappa shape index (κ1) is 14.0. The van der Waals surface area contributed by atoms with Crippen LogP contribution in [0.1, 0.15) is 18.9 Å². The first-order chi connectivity index (χ1) is 9.20. The molecule has 2 unspecified atom stereocenters. The van der Waals surface area contributed by atoms with Gasteiger partial charge in [-0.3, -0.25) is 4.79 Å². The standard InChI is InChI=1S/C15H22N2O2/c1-12-9-16-14(7-8-18)15(19)17(10-12)11-13-5-3-2-4-6-13/h2-6,12,14,16,18H,7-11H2,1H3. The molecule has 4 nitrogen and oxygen atoms in total. The van der Waals surface area contributed by atoms with Crippen molar-refractivity contribution in [3.8, 4) is 0 Å². The zero-order valence-corrected chi connectivity index (χ0v) is 11.4. The number of carbonyl (C=O) groups excluding carboxylic acids is 1. The summed E-state index contributed by atoms with van der Waals surface area (Å²) in [6.07, 6.45) is 0.483. The zero-order chi connectivity index (χ0) is 13.7. The van der Waals surface area contributed by atoms with E-state index in [9.17, 15) is 4.79 Å². The van der Waals surface area contributed by atoms with E-state index in [1.54, 1.807) is 0 Å². The molecular weight excluding hydrogens is 240 g/mol. The Morgan fingerprint density at radius 3 is 2.79 bits per heavy atom. The fourth-order valence-electron chi connectivity index (χ4n) is 2.48. The van der Waals surface area contributed by atoms with Crippen molar-refractivity contribution in [2.45, 2.75) is 25.9 Å². The smallest absolute Gasteiger partial charge is 0.240 e. The Hall–Kier alpha value is -1.39. The molecule has 1 fully saturated rings. The van der Waals surface area contributed by atoms with Gasteiger partial charge in [-0.25, -0.2) is 0 Å². The number of aliphatic hydroxyl groups is 1. The molecule has 1 aromatic rings. The third-order valence-corrected chi connectivity index (χ3v) is 3.49. The molecule has 0 saturated carbocycles. The van der Waals surface area contributed by atoms with Gasteiger partial charge in [-0.15, -0.1) is 0 Å². The second kappa shape index (κ2) is 6.68. The molecule has 104 valence electrons. The molecule has 0 bridgehead atoms. The first-order valence-electron chi connectivity index (χ1n) is 6.87. The Kier molecular flexibility index (Phi) is 4.93. The lowest BCUT2D eigenvalue weighted by Gasteiger charge is -2.25. The van der Waals surface area contributed by atoms with Gasteiger partial charge in [0.1, 0.15) is 0 Å². The van der Waals surface area contributed by atoms with Crippen LogP contribution in [0.5, 0.6) is 0 Å². The van der Waals surface area contributed by atoms with Gasteiger partial charge < -0.3 is 15.3 Å². The lowest BCUT2D eigenvalue weighted by molar-refractivity contribution is -0.133. The van der Waals surface area contributed by atoms with Gasteiger partial charge in [0.05, 0.1) is 6.04 Å². The summed E-state index contributed by atoms with van der Waals surface area (Å²) >= 11 is 0. The van der Waals surface area contributed by atoms with Gasteiger partial charge in [-0.1, -0.05) is 37.3 Å². The summed E-state index contributed by atoms with van der Waals surface area (Å²) in [6.45, 7) is 4.41. The van der Waals surface area contributed by atoms with E-state index in [-0.39, 0.29) is 18.6 Å². The topological polar surface area (TPSA) is 52.6 Å². The van der Waals surface area contributed by atoms with Gasteiger partial charge in [-0.2, -0.15) is 0 Å². The van der Waals surface area contributed by atoms with Gasteiger partial charge >= 0.3 is 0 Å². The first-order valence-corrected chi connectivity index (χ1v) is 6.87. The summed E-state index contributed by atoms with van der Waals surface area (Å²) in [5.74, 6) is 0.526. The van der Waals surface area contributed by atoms with Gasteiger partial charge in [0.25, 0.3) is 0 Å². The third-order valence-electron chi connectivity index (χ3n) is 3.49. The van der Waals surface area contributed by atoms with Crippen molar-refractivity contribution in [1.82, 2.24) is 10.2 Å². The molecule has 1 aromatic carbocycles. The second-order valence-corrected chi connectivity index (χ2v) is 5.28. The van der Waals surface area contributed by atoms with E-state index in [2.05, 4.69) is 12.2 Å². The minimum atomic E-state index is -0.251. The Bertz CT molecular complexity index is 408. The number of hydrogen-bond donors (Lipinski definition) is 2. The van der Waals surface area contributed by atoms with E-state index in [1.807, 2.05) is 35.2 Å². The highest BCUT2D eigenvalue weighted by atomic mass is 16.3. The Morgan fingerprint density at radius 1 is 1.37 bits per heavy atom. The van der Waals surface area contributed by atoms with E-state index in [0.717, 1.165) is 18.7 Å². The van der Waals surface area contributed by atoms with Gasteiger partial charge in [-0.05, 0) is 17.9 Å². The molecule has 1 aliphatic heterocycles. The summed E-state index contributed by atoms with van der Waals surface area (Å²) in [5.41, 5.74) is 1.15. The molecule has 0 radical (unpaired) electrons. The molecular formula is C15H22N2O2. The number of nitrogens with zero attached hydrogens (tertiary/aromatic N) is 1. The van der Waals surface area contributed by atoms with Gasteiger partial charge in [0.15, 0.2) is 0 Å². The van der Waals surface area contributed by atoms with Crippen LogP contribution in [-0.2, 0) is 11.3 Å². The molecule has 0 spiro atoms. The summed E-state index contributed by atoms with van der Waals surface area (Å²) in [6, 6.07) is 9.79. The van der Waals surface area contributed by atoms with Crippen LogP contribution in [-0.4, -0.2) is 41.7 Å². The summed E-state index contributed by atoms with van der Waals surface area (Å²) in [5, 5.41) is 12.3. The number of rotatable bonds is 4. The van der Waals surface area contributed by atoms with Gasteiger partial charge in [0.2, 0.25) is 5.91 Å². The van der Waals surface area contributed by atoms with Crippen LogP contribution in [0.2, 0.25) is 0 Å².